The number of aromatic nitrogens is 1. The molecule has 0 atom stereocenters. The molecule has 0 aliphatic carbocycles. The highest BCUT2D eigenvalue weighted by molar-refractivity contribution is 6.61. The SMILES string of the molecule is Cc1oc(-c2ccccc2)nc1CCOc1cccc(CN(CC(=O)O)C(=O)Oc2ccc(OC(F)F)cc2)c1.O=C(Cl)Oc1ccc(OCc2ccccc2)cc1. The van der Waals surface area contributed by atoms with Crippen LogP contribution in [-0.2, 0) is 24.4 Å². The predicted octanol–water partition coefficient (Wildman–Crippen LogP) is 9.96. The zero-order chi connectivity index (χ0) is 41.3. The van der Waals surface area contributed by atoms with Crippen molar-refractivity contribution >= 4 is 29.1 Å². The molecule has 1 amide bonds. The molecule has 1 aromatic heterocycles. The summed E-state index contributed by atoms with van der Waals surface area (Å²) in [5, 5.41) is 9.30. The van der Waals surface area contributed by atoms with Gasteiger partial charge in [-0.2, -0.15) is 8.78 Å². The van der Waals surface area contributed by atoms with Crippen LogP contribution in [0.4, 0.5) is 18.4 Å². The van der Waals surface area contributed by atoms with E-state index in [1.807, 2.05) is 67.6 Å². The van der Waals surface area contributed by atoms with Crippen LogP contribution < -0.4 is 23.7 Å². The molecule has 0 aliphatic rings. The van der Waals surface area contributed by atoms with Crippen LogP contribution in [0, 0.1) is 6.92 Å². The summed E-state index contributed by atoms with van der Waals surface area (Å²) >= 11 is 5.10. The van der Waals surface area contributed by atoms with Crippen molar-refractivity contribution in [3.8, 4) is 40.2 Å². The van der Waals surface area contributed by atoms with Crippen LogP contribution in [-0.4, -0.2) is 52.2 Å². The molecule has 0 fully saturated rings. The summed E-state index contributed by atoms with van der Waals surface area (Å²) < 4.78 is 56.1. The van der Waals surface area contributed by atoms with Gasteiger partial charge < -0.3 is 33.2 Å². The highest BCUT2D eigenvalue weighted by Crippen LogP contribution is 2.24. The molecule has 1 heterocycles. The van der Waals surface area contributed by atoms with Crippen molar-refractivity contribution in [2.24, 2.45) is 0 Å². The van der Waals surface area contributed by atoms with E-state index in [2.05, 4.69) is 9.72 Å². The van der Waals surface area contributed by atoms with Crippen molar-refractivity contribution in [3.05, 3.63) is 156 Å². The fourth-order valence-electron chi connectivity index (χ4n) is 5.22. The molecular weight excluding hydrogens is 778 g/mol. The maximum Gasteiger partial charge on any atom is 0.416 e. The van der Waals surface area contributed by atoms with Gasteiger partial charge in [-0.05, 0) is 90.8 Å². The molecule has 58 heavy (non-hydrogen) atoms. The van der Waals surface area contributed by atoms with Crippen molar-refractivity contribution in [1.82, 2.24) is 9.88 Å². The van der Waals surface area contributed by atoms with Crippen LogP contribution in [0.2, 0.25) is 0 Å². The number of aliphatic carboxylic acids is 1. The fourth-order valence-corrected chi connectivity index (χ4v) is 5.31. The summed E-state index contributed by atoms with van der Waals surface area (Å²) in [4.78, 5) is 40.2. The highest BCUT2D eigenvalue weighted by atomic mass is 35.5. The lowest BCUT2D eigenvalue weighted by Gasteiger charge is -2.20. The minimum absolute atomic E-state index is 0.0395. The van der Waals surface area contributed by atoms with Crippen LogP contribution in [0.3, 0.4) is 0 Å². The maximum absolute atomic E-state index is 12.7. The number of carboxylic acid groups (broad SMARTS) is 1. The van der Waals surface area contributed by atoms with Gasteiger partial charge in [0.15, 0.2) is 0 Å². The summed E-state index contributed by atoms with van der Waals surface area (Å²) in [5.74, 6) is 1.56. The van der Waals surface area contributed by atoms with Crippen LogP contribution in [0.15, 0.2) is 138 Å². The number of alkyl halides is 2. The third-order valence-corrected chi connectivity index (χ3v) is 7.98. The van der Waals surface area contributed by atoms with E-state index in [9.17, 15) is 28.3 Å². The molecule has 0 aliphatic heterocycles. The standard InChI is InChI=1S/C29H26F2N2O7.C14H11ClO3/c1-19-25(32-27(38-19)21-7-3-2-4-8-21)14-15-37-24-9-5-6-20(16-24)17-33(18-26(34)35)29(36)40-23-12-10-22(11-13-23)39-28(30)31;15-14(16)18-13-8-6-12(7-9-13)17-10-11-4-2-1-3-5-11/h2-13,16,28H,14-15,17-18H2,1H3,(H,34,35);1-9H,10H2. The molecule has 0 bridgehead atoms. The van der Waals surface area contributed by atoms with E-state index in [0.29, 0.717) is 54.1 Å². The van der Waals surface area contributed by atoms with E-state index in [1.54, 1.807) is 48.5 Å². The molecule has 0 saturated heterocycles. The monoisotopic (exact) mass is 814 g/mol. The second kappa shape index (κ2) is 21.4. The Kier molecular flexibility index (Phi) is 15.6. The average Bonchev–Trinajstić information content (AvgIpc) is 3.58. The smallest absolute Gasteiger partial charge is 0.416 e. The lowest BCUT2D eigenvalue weighted by Crippen LogP contribution is -2.37. The summed E-state index contributed by atoms with van der Waals surface area (Å²) in [6.07, 6.45) is -0.419. The number of nitrogens with zero attached hydrogens (tertiary/aromatic N) is 2. The van der Waals surface area contributed by atoms with Crippen LogP contribution in [0.25, 0.3) is 11.5 Å². The number of hydrogen-bond acceptors (Lipinski definition) is 10. The summed E-state index contributed by atoms with van der Waals surface area (Å²) in [5.41, 5.74) is 2.51. The van der Waals surface area contributed by atoms with Crippen LogP contribution in [0.1, 0.15) is 22.6 Å². The first kappa shape index (κ1) is 42.2. The van der Waals surface area contributed by atoms with Crippen molar-refractivity contribution in [2.45, 2.75) is 33.1 Å². The minimum atomic E-state index is -2.99. The molecule has 0 saturated carbocycles. The van der Waals surface area contributed by atoms with Crippen molar-refractivity contribution in [3.63, 3.8) is 0 Å². The van der Waals surface area contributed by atoms with Gasteiger partial charge in [-0.1, -0.05) is 60.7 Å². The molecule has 15 heteroatoms. The molecule has 6 rings (SSSR count). The van der Waals surface area contributed by atoms with Crippen molar-refractivity contribution in [2.75, 3.05) is 13.2 Å². The van der Waals surface area contributed by atoms with Gasteiger partial charge in [-0.3, -0.25) is 9.69 Å². The molecule has 300 valence electrons. The zero-order valence-electron chi connectivity index (χ0n) is 31.0. The number of halogens is 3. The topological polar surface area (TPSA) is 147 Å². The third kappa shape index (κ3) is 14.0. The van der Waals surface area contributed by atoms with Crippen molar-refractivity contribution in [1.29, 1.82) is 0 Å². The van der Waals surface area contributed by atoms with Gasteiger partial charge in [-0.25, -0.2) is 14.6 Å². The highest BCUT2D eigenvalue weighted by Gasteiger charge is 2.20. The van der Waals surface area contributed by atoms with E-state index in [0.717, 1.165) is 21.7 Å². The molecule has 1 N–H and O–H groups in total. The normalized spacial score (nSPS) is 10.5. The predicted molar refractivity (Wildman–Crippen MR) is 209 cm³/mol. The first-order valence-corrected chi connectivity index (χ1v) is 18.0. The second-order valence-corrected chi connectivity index (χ2v) is 12.5. The van der Waals surface area contributed by atoms with Gasteiger partial charge in [0.05, 0.1) is 12.3 Å². The Labute approximate surface area is 337 Å². The molecule has 0 unspecified atom stereocenters. The van der Waals surface area contributed by atoms with Crippen molar-refractivity contribution < 1.29 is 56.4 Å². The van der Waals surface area contributed by atoms with Gasteiger partial charge in [0.25, 0.3) is 0 Å². The van der Waals surface area contributed by atoms with Gasteiger partial charge in [0.1, 0.15) is 47.7 Å². The van der Waals surface area contributed by atoms with E-state index in [1.165, 1.54) is 24.3 Å². The number of oxazole rings is 1. The second-order valence-electron chi connectivity index (χ2n) is 12.2. The van der Waals surface area contributed by atoms with Gasteiger partial charge in [0, 0.05) is 30.1 Å². The number of carbonyl (C=O) groups is 3. The molecule has 0 spiro atoms. The maximum atomic E-state index is 12.7. The fraction of sp³-hybridized carbons (Fsp3) is 0.163. The molecule has 6 aromatic rings. The largest absolute Gasteiger partial charge is 0.493 e. The zero-order valence-corrected chi connectivity index (χ0v) is 31.7. The molecule has 5 aromatic carbocycles. The Balaban J connectivity index is 0.000000296. The number of carboxylic acids is 1. The summed E-state index contributed by atoms with van der Waals surface area (Å²) in [6, 6.07) is 38.0. The Morgan fingerprint density at radius 1 is 0.741 bits per heavy atom. The number of benzene rings is 5. The van der Waals surface area contributed by atoms with Crippen LogP contribution >= 0.6 is 11.6 Å². The van der Waals surface area contributed by atoms with E-state index >= 15 is 0 Å². The van der Waals surface area contributed by atoms with E-state index in [4.69, 9.17) is 35.0 Å². The molecule has 12 nitrogen and oxygen atoms in total. The first-order valence-electron chi connectivity index (χ1n) is 17.6. The number of rotatable bonds is 16. The lowest BCUT2D eigenvalue weighted by molar-refractivity contribution is -0.138. The number of aryl methyl sites for hydroxylation is 1. The Morgan fingerprint density at radius 3 is 1.98 bits per heavy atom. The third-order valence-electron chi connectivity index (χ3n) is 7.90. The summed E-state index contributed by atoms with van der Waals surface area (Å²) in [6.45, 7) is -1.02. The van der Waals surface area contributed by atoms with Gasteiger partial charge in [0.2, 0.25) is 5.89 Å². The minimum Gasteiger partial charge on any atom is -0.493 e. The number of amides is 1. The Hall–Kier alpha value is -6.93. The van der Waals surface area contributed by atoms with E-state index < -0.39 is 30.6 Å². The number of hydrogen-bond donors (Lipinski definition) is 1. The van der Waals surface area contributed by atoms with E-state index in [-0.39, 0.29) is 18.0 Å². The molecular formula is C43H37ClF2N2O10. The Morgan fingerprint density at radius 2 is 1.34 bits per heavy atom. The first-order chi connectivity index (χ1) is 28.0. The molecule has 0 radical (unpaired) electrons. The summed E-state index contributed by atoms with van der Waals surface area (Å²) in [7, 11) is 0. The average molecular weight is 815 g/mol. The lowest BCUT2D eigenvalue weighted by atomic mass is 10.2. The quantitative estimate of drug-likeness (QED) is 0.0932. The van der Waals surface area contributed by atoms with Gasteiger partial charge >= 0.3 is 24.1 Å². The van der Waals surface area contributed by atoms with Crippen LogP contribution in [0.5, 0.6) is 28.7 Å². The van der Waals surface area contributed by atoms with Gasteiger partial charge in [-0.15, -0.1) is 0 Å². The number of ether oxygens (including phenoxy) is 5. The Bertz CT molecular complexity index is 2220. The number of carbonyl (C=O) groups excluding carboxylic acids is 2.